The number of rotatable bonds is 3. The summed E-state index contributed by atoms with van der Waals surface area (Å²) in [5.74, 6) is 0. The molecule has 6 rings (SSSR count). The lowest BCUT2D eigenvalue weighted by molar-refractivity contribution is 0.906. The molecule has 3 aromatic carbocycles. The zero-order chi connectivity index (χ0) is 23.2. The maximum atomic E-state index is 13.7. The van der Waals surface area contributed by atoms with E-state index >= 15 is 0 Å². The van der Waals surface area contributed by atoms with Crippen LogP contribution < -0.4 is 5.56 Å². The van der Waals surface area contributed by atoms with E-state index in [-0.39, 0.29) is 5.56 Å². The second-order valence-corrected chi connectivity index (χ2v) is 8.31. The van der Waals surface area contributed by atoms with Gasteiger partial charge in [0.1, 0.15) is 17.2 Å². The highest BCUT2D eigenvalue weighted by Crippen LogP contribution is 2.25. The first-order valence-corrected chi connectivity index (χ1v) is 10.9. The van der Waals surface area contributed by atoms with Crippen molar-refractivity contribution >= 4 is 39.4 Å². The summed E-state index contributed by atoms with van der Waals surface area (Å²) in [7, 11) is 0. The third-order valence-corrected chi connectivity index (χ3v) is 5.82. The van der Waals surface area contributed by atoms with Crippen LogP contribution in [0.15, 0.2) is 89.0 Å². The van der Waals surface area contributed by atoms with E-state index in [0.717, 1.165) is 27.9 Å². The van der Waals surface area contributed by atoms with Crippen LogP contribution >= 0.6 is 0 Å². The zero-order valence-corrected chi connectivity index (χ0v) is 18.7. The van der Waals surface area contributed by atoms with Crippen molar-refractivity contribution in [1.29, 1.82) is 0 Å². The minimum absolute atomic E-state index is 0.215. The fraction of sp³-hybridized carbons (Fsp3) is 0.0741. The Morgan fingerprint density at radius 1 is 0.824 bits per heavy atom. The molecule has 7 nitrogen and oxygen atoms in total. The molecule has 0 aliphatic carbocycles. The summed E-state index contributed by atoms with van der Waals surface area (Å²) in [6, 6.07) is 23.4. The fourth-order valence-corrected chi connectivity index (χ4v) is 4.09. The Labute approximate surface area is 194 Å². The van der Waals surface area contributed by atoms with Crippen molar-refractivity contribution < 1.29 is 0 Å². The number of para-hydroxylation sites is 2. The summed E-state index contributed by atoms with van der Waals surface area (Å²) in [5, 5.41) is 5.06. The number of fused-ring (bicyclic) bond motifs is 4. The molecule has 0 spiro atoms. The number of aromatic nitrogens is 5. The number of hydrogen-bond acceptors (Lipinski definition) is 5. The molecule has 0 aliphatic rings. The molecule has 0 radical (unpaired) electrons. The van der Waals surface area contributed by atoms with Gasteiger partial charge in [0.25, 0.3) is 5.56 Å². The molecule has 0 N–H and O–H groups in total. The SMILES string of the molecule is Cc1ccc(-n2cnc3c(c2=O)c2nc4ccccc4nc2n3/N=C\c2cccc(C)c2)cc1. The summed E-state index contributed by atoms with van der Waals surface area (Å²) in [6.07, 6.45) is 3.28. The third kappa shape index (κ3) is 3.26. The van der Waals surface area contributed by atoms with Gasteiger partial charge in [-0.05, 0) is 43.7 Å². The van der Waals surface area contributed by atoms with Crippen molar-refractivity contribution in [3.05, 3.63) is 106 Å². The third-order valence-electron chi connectivity index (χ3n) is 5.82. The molecule has 3 aromatic heterocycles. The number of benzene rings is 3. The lowest BCUT2D eigenvalue weighted by Crippen LogP contribution is -2.18. The van der Waals surface area contributed by atoms with Crippen molar-refractivity contribution in [1.82, 2.24) is 24.2 Å². The lowest BCUT2D eigenvalue weighted by Gasteiger charge is -2.05. The molecule has 0 fully saturated rings. The molecule has 34 heavy (non-hydrogen) atoms. The van der Waals surface area contributed by atoms with Gasteiger partial charge in [-0.25, -0.2) is 15.0 Å². The summed E-state index contributed by atoms with van der Waals surface area (Å²) in [6.45, 7) is 4.04. The molecule has 3 heterocycles. The van der Waals surface area contributed by atoms with Gasteiger partial charge >= 0.3 is 0 Å². The van der Waals surface area contributed by atoms with E-state index in [2.05, 4.69) is 10.1 Å². The van der Waals surface area contributed by atoms with Gasteiger partial charge in [0.2, 0.25) is 0 Å². The summed E-state index contributed by atoms with van der Waals surface area (Å²) >= 11 is 0. The van der Waals surface area contributed by atoms with Crippen LogP contribution in [0.4, 0.5) is 0 Å². The van der Waals surface area contributed by atoms with Gasteiger partial charge in [-0.15, -0.1) is 0 Å². The second kappa shape index (κ2) is 7.74. The van der Waals surface area contributed by atoms with E-state index in [9.17, 15) is 4.79 Å². The van der Waals surface area contributed by atoms with Crippen LogP contribution in [0.2, 0.25) is 0 Å². The first kappa shape index (κ1) is 20.0. The van der Waals surface area contributed by atoms with Crippen molar-refractivity contribution in [3.8, 4) is 5.69 Å². The smallest absolute Gasteiger partial charge is 0.268 e. The zero-order valence-electron chi connectivity index (χ0n) is 18.7. The van der Waals surface area contributed by atoms with Gasteiger partial charge in [-0.2, -0.15) is 9.78 Å². The average molecular weight is 444 g/mol. The van der Waals surface area contributed by atoms with E-state index in [4.69, 9.17) is 9.97 Å². The minimum atomic E-state index is -0.215. The fourth-order valence-electron chi connectivity index (χ4n) is 4.09. The predicted octanol–water partition coefficient (Wildman–Crippen LogP) is 4.78. The van der Waals surface area contributed by atoms with Crippen LogP contribution in [0, 0.1) is 13.8 Å². The van der Waals surface area contributed by atoms with Crippen molar-refractivity contribution in [2.24, 2.45) is 5.10 Å². The van der Waals surface area contributed by atoms with Crippen LogP contribution in [0.25, 0.3) is 38.9 Å². The monoisotopic (exact) mass is 444 g/mol. The lowest BCUT2D eigenvalue weighted by atomic mass is 10.2. The van der Waals surface area contributed by atoms with E-state index in [1.165, 1.54) is 10.9 Å². The van der Waals surface area contributed by atoms with Gasteiger partial charge in [0.15, 0.2) is 11.3 Å². The van der Waals surface area contributed by atoms with Crippen LogP contribution in [0.1, 0.15) is 16.7 Å². The molecular weight excluding hydrogens is 424 g/mol. The molecule has 0 amide bonds. The molecular formula is C27H20N6O. The Balaban J connectivity index is 1.66. The molecule has 0 bridgehead atoms. The Morgan fingerprint density at radius 2 is 1.59 bits per heavy atom. The van der Waals surface area contributed by atoms with Crippen LogP contribution in [-0.2, 0) is 0 Å². The van der Waals surface area contributed by atoms with Gasteiger partial charge in [0, 0.05) is 0 Å². The van der Waals surface area contributed by atoms with Crippen molar-refractivity contribution in [2.75, 3.05) is 0 Å². The minimum Gasteiger partial charge on any atom is -0.268 e. The predicted molar refractivity (Wildman–Crippen MR) is 135 cm³/mol. The highest BCUT2D eigenvalue weighted by molar-refractivity contribution is 6.05. The van der Waals surface area contributed by atoms with Crippen LogP contribution in [0.3, 0.4) is 0 Å². The van der Waals surface area contributed by atoms with Gasteiger partial charge in [-0.1, -0.05) is 59.7 Å². The van der Waals surface area contributed by atoms with E-state index < -0.39 is 0 Å². The van der Waals surface area contributed by atoms with Crippen LogP contribution in [-0.4, -0.2) is 30.4 Å². The van der Waals surface area contributed by atoms with E-state index in [1.54, 1.807) is 10.9 Å². The topological polar surface area (TPSA) is 78.0 Å². The average Bonchev–Trinajstić information content (AvgIpc) is 3.15. The summed E-state index contributed by atoms with van der Waals surface area (Å²) in [4.78, 5) is 27.9. The number of aryl methyl sites for hydroxylation is 2. The first-order chi connectivity index (χ1) is 16.6. The highest BCUT2D eigenvalue weighted by atomic mass is 16.1. The van der Waals surface area contributed by atoms with Crippen LogP contribution in [0.5, 0.6) is 0 Å². The van der Waals surface area contributed by atoms with E-state index in [1.807, 2.05) is 86.6 Å². The van der Waals surface area contributed by atoms with Gasteiger partial charge < -0.3 is 0 Å². The number of hydrogen-bond donors (Lipinski definition) is 0. The molecule has 7 heteroatoms. The molecule has 0 aliphatic heterocycles. The molecule has 0 unspecified atom stereocenters. The first-order valence-electron chi connectivity index (χ1n) is 10.9. The van der Waals surface area contributed by atoms with Crippen molar-refractivity contribution in [3.63, 3.8) is 0 Å². The van der Waals surface area contributed by atoms with Crippen molar-refractivity contribution in [2.45, 2.75) is 13.8 Å². The number of nitrogens with zero attached hydrogens (tertiary/aromatic N) is 6. The quantitative estimate of drug-likeness (QED) is 0.368. The summed E-state index contributed by atoms with van der Waals surface area (Å²) < 4.78 is 3.14. The molecule has 164 valence electrons. The summed E-state index contributed by atoms with van der Waals surface area (Å²) in [5.41, 5.74) is 6.54. The van der Waals surface area contributed by atoms with E-state index in [0.29, 0.717) is 27.7 Å². The van der Waals surface area contributed by atoms with Gasteiger partial charge in [0.05, 0.1) is 22.9 Å². The second-order valence-electron chi connectivity index (χ2n) is 8.31. The standard InChI is InChI=1S/C27H20N6O/c1-17-10-12-20(13-11-17)32-16-28-25-23(27(32)34)24-26(31-22-9-4-3-8-21(22)30-24)33(25)29-15-19-7-5-6-18(2)14-19/h3-16H,1-2H3/b29-15-. The maximum absolute atomic E-state index is 13.7. The molecule has 0 atom stereocenters. The molecule has 0 saturated heterocycles. The largest absolute Gasteiger partial charge is 0.269 e. The molecule has 6 aromatic rings. The maximum Gasteiger partial charge on any atom is 0.269 e. The highest BCUT2D eigenvalue weighted by Gasteiger charge is 2.20. The molecule has 0 saturated carbocycles. The Bertz CT molecular complexity index is 1790. The Morgan fingerprint density at radius 3 is 2.35 bits per heavy atom. The Hall–Kier alpha value is -4.65. The normalized spacial score (nSPS) is 11.8. The Kier molecular flexibility index (Phi) is 4.55. The van der Waals surface area contributed by atoms with Gasteiger partial charge in [-0.3, -0.25) is 9.36 Å².